The van der Waals surface area contributed by atoms with Gasteiger partial charge in [0.2, 0.25) is 17.7 Å². The lowest BCUT2D eigenvalue weighted by atomic mass is 9.75. The van der Waals surface area contributed by atoms with Gasteiger partial charge < -0.3 is 14.5 Å². The highest BCUT2D eigenvalue weighted by atomic mass is 19.4. The van der Waals surface area contributed by atoms with Crippen molar-refractivity contribution in [1.29, 1.82) is 0 Å². The quantitative estimate of drug-likeness (QED) is 0.604. The number of ether oxygens (including phenoxy) is 1. The molecule has 0 bridgehead atoms. The Bertz CT molecular complexity index is 1000. The number of benzene rings is 1. The first-order valence-corrected chi connectivity index (χ1v) is 11.3. The van der Waals surface area contributed by atoms with Crippen LogP contribution in [-0.2, 0) is 30.7 Å². The zero-order valence-electron chi connectivity index (χ0n) is 18.8. The normalized spacial score (nSPS) is 23.5. The number of nitrogens with zero attached hydrogens (tertiary/aromatic N) is 3. The summed E-state index contributed by atoms with van der Waals surface area (Å²) in [6.45, 7) is 2.79. The fraction of sp³-hybridized carbons (Fsp3) is 0.565. The summed E-state index contributed by atoms with van der Waals surface area (Å²) in [5, 5.41) is 0. The van der Waals surface area contributed by atoms with E-state index in [2.05, 4.69) is 0 Å². The number of halogens is 3. The van der Waals surface area contributed by atoms with Gasteiger partial charge >= 0.3 is 12.3 Å². The third kappa shape index (κ3) is 4.47. The van der Waals surface area contributed by atoms with Gasteiger partial charge in [0, 0.05) is 45.1 Å². The number of carbonyl (C=O) groups excluding carboxylic acids is 4. The topological polar surface area (TPSA) is 87.2 Å². The lowest BCUT2D eigenvalue weighted by Crippen LogP contribution is -2.52. The van der Waals surface area contributed by atoms with E-state index in [9.17, 15) is 32.3 Å². The second-order valence-electron chi connectivity index (χ2n) is 8.88. The molecule has 4 rings (SSSR count). The summed E-state index contributed by atoms with van der Waals surface area (Å²) in [6, 6.07) is 4.08. The van der Waals surface area contributed by atoms with E-state index in [4.69, 9.17) is 4.74 Å². The van der Waals surface area contributed by atoms with E-state index >= 15 is 0 Å². The number of likely N-dealkylation sites (tertiary alicyclic amines) is 1. The van der Waals surface area contributed by atoms with Crippen molar-refractivity contribution in [2.24, 2.45) is 0 Å². The van der Waals surface area contributed by atoms with E-state index in [1.54, 1.807) is 6.92 Å². The Labute approximate surface area is 194 Å². The van der Waals surface area contributed by atoms with Gasteiger partial charge in [0.15, 0.2) is 0 Å². The Hall–Kier alpha value is -3.11. The van der Waals surface area contributed by atoms with Crippen LogP contribution in [0.3, 0.4) is 0 Å². The highest BCUT2D eigenvalue weighted by Crippen LogP contribution is 2.45. The SMILES string of the molecule is CCOC(=O)N1CCN(C(=O)C[C@]2(c3cccc(C(F)(F)F)c3)CC(=O)N(C3CC3)C2=O)CC1. The zero-order chi connectivity index (χ0) is 24.7. The van der Waals surface area contributed by atoms with Crippen molar-refractivity contribution >= 4 is 23.8 Å². The Kier molecular flexibility index (Phi) is 6.30. The van der Waals surface area contributed by atoms with Crippen LogP contribution >= 0.6 is 0 Å². The van der Waals surface area contributed by atoms with Crippen molar-refractivity contribution in [3.63, 3.8) is 0 Å². The van der Waals surface area contributed by atoms with Crippen molar-refractivity contribution in [3.8, 4) is 0 Å². The minimum atomic E-state index is -4.63. The fourth-order valence-electron chi connectivity index (χ4n) is 4.65. The van der Waals surface area contributed by atoms with E-state index in [1.165, 1.54) is 21.9 Å². The van der Waals surface area contributed by atoms with E-state index in [0.29, 0.717) is 12.8 Å². The number of alkyl halides is 3. The van der Waals surface area contributed by atoms with Crippen molar-refractivity contribution < 1.29 is 37.1 Å². The van der Waals surface area contributed by atoms with Gasteiger partial charge in [0.25, 0.3) is 0 Å². The number of imide groups is 1. The standard InChI is InChI=1S/C23H26F3N3O5/c1-2-34-21(33)28-10-8-27(9-11-28)18(30)13-22(14-19(31)29(20(22)32)17-6-7-17)15-4-3-5-16(12-15)23(24,25)26/h3-5,12,17H,2,6-11,13-14H2,1H3/t22-/m1/s1. The van der Waals surface area contributed by atoms with Crippen LogP contribution in [-0.4, -0.2) is 77.3 Å². The molecule has 11 heteroatoms. The number of amides is 4. The molecule has 1 atom stereocenters. The molecule has 1 aliphatic carbocycles. The van der Waals surface area contributed by atoms with Gasteiger partial charge in [0.05, 0.1) is 17.6 Å². The second-order valence-corrected chi connectivity index (χ2v) is 8.88. The maximum Gasteiger partial charge on any atom is 0.416 e. The molecule has 1 saturated carbocycles. The van der Waals surface area contributed by atoms with E-state index < -0.39 is 47.4 Å². The highest BCUT2D eigenvalue weighted by molar-refractivity contribution is 6.11. The average Bonchev–Trinajstić information content (AvgIpc) is 3.59. The van der Waals surface area contributed by atoms with Crippen molar-refractivity contribution in [2.75, 3.05) is 32.8 Å². The van der Waals surface area contributed by atoms with E-state index in [0.717, 1.165) is 17.0 Å². The Morgan fingerprint density at radius 3 is 2.32 bits per heavy atom. The summed E-state index contributed by atoms with van der Waals surface area (Å²) in [5.41, 5.74) is -2.61. The summed E-state index contributed by atoms with van der Waals surface area (Å²) < 4.78 is 45.2. The molecule has 1 aromatic rings. The molecule has 4 amide bonds. The molecule has 3 aliphatic rings. The minimum Gasteiger partial charge on any atom is -0.450 e. The molecule has 184 valence electrons. The molecule has 2 aliphatic heterocycles. The van der Waals surface area contributed by atoms with Gasteiger partial charge in [-0.1, -0.05) is 18.2 Å². The second kappa shape index (κ2) is 8.92. The number of rotatable bonds is 5. The van der Waals surface area contributed by atoms with Crippen LogP contribution in [0.15, 0.2) is 24.3 Å². The molecular weight excluding hydrogens is 455 g/mol. The third-order valence-electron chi connectivity index (χ3n) is 6.62. The molecule has 0 aromatic heterocycles. The average molecular weight is 481 g/mol. The number of piperazine rings is 1. The monoisotopic (exact) mass is 481 g/mol. The van der Waals surface area contributed by atoms with Crippen molar-refractivity contribution in [3.05, 3.63) is 35.4 Å². The van der Waals surface area contributed by atoms with Gasteiger partial charge in [-0.15, -0.1) is 0 Å². The number of hydrogen-bond donors (Lipinski definition) is 0. The molecule has 3 fully saturated rings. The minimum absolute atomic E-state index is 0.0161. The lowest BCUT2D eigenvalue weighted by Gasteiger charge is -2.36. The van der Waals surface area contributed by atoms with Gasteiger partial charge in [-0.2, -0.15) is 13.2 Å². The molecule has 0 spiro atoms. The fourth-order valence-corrected chi connectivity index (χ4v) is 4.65. The van der Waals surface area contributed by atoms with Gasteiger partial charge in [-0.3, -0.25) is 19.3 Å². The van der Waals surface area contributed by atoms with Crippen LogP contribution in [0.2, 0.25) is 0 Å². The van der Waals surface area contributed by atoms with Crippen LogP contribution in [0.5, 0.6) is 0 Å². The summed E-state index contributed by atoms with van der Waals surface area (Å²) in [5.74, 6) is -1.53. The molecule has 1 aromatic carbocycles. The molecule has 0 N–H and O–H groups in total. The predicted octanol–water partition coefficient (Wildman–Crippen LogP) is 2.56. The van der Waals surface area contributed by atoms with Crippen molar-refractivity contribution in [1.82, 2.24) is 14.7 Å². The third-order valence-corrected chi connectivity index (χ3v) is 6.62. The van der Waals surface area contributed by atoms with E-state index in [-0.39, 0.29) is 50.8 Å². The highest BCUT2D eigenvalue weighted by Gasteiger charge is 2.57. The number of hydrogen-bond acceptors (Lipinski definition) is 5. The van der Waals surface area contributed by atoms with Gasteiger partial charge in [0.1, 0.15) is 0 Å². The number of carbonyl (C=O) groups is 4. The Morgan fingerprint density at radius 2 is 1.74 bits per heavy atom. The molecule has 0 radical (unpaired) electrons. The first-order valence-electron chi connectivity index (χ1n) is 11.3. The molecule has 2 saturated heterocycles. The zero-order valence-corrected chi connectivity index (χ0v) is 18.8. The molecule has 0 unspecified atom stereocenters. The van der Waals surface area contributed by atoms with E-state index in [1.807, 2.05) is 0 Å². The van der Waals surface area contributed by atoms with Crippen LogP contribution in [0.1, 0.15) is 43.7 Å². The summed E-state index contributed by atoms with van der Waals surface area (Å²) in [4.78, 5) is 55.5. The van der Waals surface area contributed by atoms with Gasteiger partial charge in [-0.05, 0) is 31.4 Å². The molecule has 8 nitrogen and oxygen atoms in total. The summed E-state index contributed by atoms with van der Waals surface area (Å²) >= 11 is 0. The van der Waals surface area contributed by atoms with Crippen LogP contribution in [0, 0.1) is 0 Å². The lowest BCUT2D eigenvalue weighted by molar-refractivity contribution is -0.144. The maximum absolute atomic E-state index is 13.5. The van der Waals surface area contributed by atoms with Crippen LogP contribution in [0.25, 0.3) is 0 Å². The Balaban J connectivity index is 1.59. The van der Waals surface area contributed by atoms with Crippen LogP contribution < -0.4 is 0 Å². The first-order chi connectivity index (χ1) is 16.1. The maximum atomic E-state index is 13.5. The Morgan fingerprint density at radius 1 is 1.09 bits per heavy atom. The smallest absolute Gasteiger partial charge is 0.416 e. The molecule has 34 heavy (non-hydrogen) atoms. The molecular formula is C23H26F3N3O5. The first kappa shape index (κ1) is 24.0. The summed E-state index contributed by atoms with van der Waals surface area (Å²) in [6.07, 6.45) is -4.57. The molecule has 2 heterocycles. The largest absolute Gasteiger partial charge is 0.450 e. The summed E-state index contributed by atoms with van der Waals surface area (Å²) in [7, 11) is 0. The predicted molar refractivity (Wildman–Crippen MR) is 112 cm³/mol. The van der Waals surface area contributed by atoms with Crippen LogP contribution in [0.4, 0.5) is 18.0 Å². The van der Waals surface area contributed by atoms with Crippen molar-refractivity contribution in [2.45, 2.75) is 50.2 Å². The van der Waals surface area contributed by atoms with Gasteiger partial charge in [-0.25, -0.2) is 4.79 Å².